The summed E-state index contributed by atoms with van der Waals surface area (Å²) in [5.74, 6) is 1.31. The van der Waals surface area contributed by atoms with E-state index in [9.17, 15) is 4.79 Å². The molecule has 1 amide bonds. The van der Waals surface area contributed by atoms with E-state index in [0.29, 0.717) is 11.4 Å². The van der Waals surface area contributed by atoms with Gasteiger partial charge in [0.25, 0.3) is 5.91 Å². The molecule has 0 spiro atoms. The molecule has 0 saturated heterocycles. The Hall–Kier alpha value is -3.04. The fourth-order valence-electron chi connectivity index (χ4n) is 3.98. The standard InChI is InChI=1S/C24H24N6OS2/c31-23(26-18-7-3-1-4-8-18)20-15-32-21(27-20)16-33-24-29-28-22(17-11-13-25-14-12-17)30(24)19-9-5-2-6-10-19/h2,5-6,9-15,18H,1,3-4,7-8,16H2,(H,26,31). The van der Waals surface area contributed by atoms with Crippen LogP contribution in [-0.4, -0.2) is 36.7 Å². The largest absolute Gasteiger partial charge is 0.348 e. The van der Waals surface area contributed by atoms with Crippen molar-refractivity contribution in [1.82, 2.24) is 30.0 Å². The minimum Gasteiger partial charge on any atom is -0.348 e. The van der Waals surface area contributed by atoms with Gasteiger partial charge in [0, 0.05) is 35.1 Å². The number of nitrogens with zero attached hydrogens (tertiary/aromatic N) is 5. The lowest BCUT2D eigenvalue weighted by molar-refractivity contribution is 0.0923. The minimum absolute atomic E-state index is 0.0678. The van der Waals surface area contributed by atoms with Crippen LogP contribution in [0.2, 0.25) is 0 Å². The summed E-state index contributed by atoms with van der Waals surface area (Å²) in [5, 5.41) is 15.6. The summed E-state index contributed by atoms with van der Waals surface area (Å²) in [7, 11) is 0. The molecule has 0 atom stereocenters. The molecule has 33 heavy (non-hydrogen) atoms. The normalized spacial score (nSPS) is 14.3. The molecule has 1 N–H and O–H groups in total. The van der Waals surface area contributed by atoms with E-state index < -0.39 is 0 Å². The van der Waals surface area contributed by atoms with Crippen LogP contribution in [0, 0.1) is 0 Å². The van der Waals surface area contributed by atoms with Crippen LogP contribution in [0.25, 0.3) is 17.1 Å². The van der Waals surface area contributed by atoms with Crippen molar-refractivity contribution in [1.29, 1.82) is 0 Å². The van der Waals surface area contributed by atoms with E-state index >= 15 is 0 Å². The smallest absolute Gasteiger partial charge is 0.270 e. The number of aromatic nitrogens is 5. The van der Waals surface area contributed by atoms with Gasteiger partial charge in [-0.25, -0.2) is 4.98 Å². The summed E-state index contributed by atoms with van der Waals surface area (Å²) < 4.78 is 2.05. The molecule has 4 aromatic rings. The summed E-state index contributed by atoms with van der Waals surface area (Å²) in [4.78, 5) is 21.3. The quantitative estimate of drug-likeness (QED) is 0.372. The average Bonchev–Trinajstić information content (AvgIpc) is 3.52. The highest BCUT2D eigenvalue weighted by Crippen LogP contribution is 2.30. The van der Waals surface area contributed by atoms with Gasteiger partial charge in [0.05, 0.1) is 5.75 Å². The summed E-state index contributed by atoms with van der Waals surface area (Å²) in [6.07, 6.45) is 9.27. The van der Waals surface area contributed by atoms with Crippen LogP contribution in [0.15, 0.2) is 65.4 Å². The van der Waals surface area contributed by atoms with Gasteiger partial charge in [-0.1, -0.05) is 49.2 Å². The van der Waals surface area contributed by atoms with Crippen molar-refractivity contribution in [2.75, 3.05) is 0 Å². The Balaban J connectivity index is 1.32. The van der Waals surface area contributed by atoms with E-state index in [4.69, 9.17) is 0 Å². The Morgan fingerprint density at radius 3 is 2.64 bits per heavy atom. The number of carbonyl (C=O) groups is 1. The minimum atomic E-state index is -0.0678. The number of thioether (sulfide) groups is 1. The van der Waals surface area contributed by atoms with Crippen molar-refractivity contribution in [3.8, 4) is 17.1 Å². The summed E-state index contributed by atoms with van der Waals surface area (Å²) in [6, 6.07) is 14.2. The van der Waals surface area contributed by atoms with E-state index in [2.05, 4.69) is 25.5 Å². The number of amides is 1. The first kappa shape index (κ1) is 21.8. The number of hydrogen-bond donors (Lipinski definition) is 1. The first-order valence-corrected chi connectivity index (χ1v) is 12.9. The molecule has 3 aromatic heterocycles. The fourth-order valence-corrected chi connectivity index (χ4v) is 5.72. The lowest BCUT2D eigenvalue weighted by Gasteiger charge is -2.22. The summed E-state index contributed by atoms with van der Waals surface area (Å²) in [6.45, 7) is 0. The lowest BCUT2D eigenvalue weighted by atomic mass is 9.95. The number of pyridine rings is 1. The fraction of sp³-hybridized carbons (Fsp3) is 0.292. The van der Waals surface area contributed by atoms with Crippen LogP contribution in [0.4, 0.5) is 0 Å². The maximum absolute atomic E-state index is 12.6. The van der Waals surface area contributed by atoms with E-state index in [1.807, 2.05) is 52.4 Å². The highest BCUT2D eigenvalue weighted by atomic mass is 32.2. The van der Waals surface area contributed by atoms with Crippen LogP contribution in [-0.2, 0) is 5.75 Å². The number of para-hydroxylation sites is 1. The van der Waals surface area contributed by atoms with Crippen molar-refractivity contribution in [2.45, 2.75) is 49.1 Å². The summed E-state index contributed by atoms with van der Waals surface area (Å²) >= 11 is 3.07. The van der Waals surface area contributed by atoms with Gasteiger partial charge in [0.1, 0.15) is 10.7 Å². The van der Waals surface area contributed by atoms with Crippen molar-refractivity contribution in [3.63, 3.8) is 0 Å². The third-order valence-electron chi connectivity index (χ3n) is 5.64. The molecule has 0 aliphatic heterocycles. The van der Waals surface area contributed by atoms with E-state index in [1.165, 1.54) is 30.6 Å². The molecule has 1 fully saturated rings. The number of benzene rings is 1. The zero-order valence-corrected chi connectivity index (χ0v) is 19.7. The van der Waals surface area contributed by atoms with Gasteiger partial charge in [0.2, 0.25) is 0 Å². The SMILES string of the molecule is O=C(NC1CCCCC1)c1csc(CSc2nnc(-c3ccncc3)n2-c2ccccc2)n1. The first-order valence-electron chi connectivity index (χ1n) is 11.1. The van der Waals surface area contributed by atoms with Crippen molar-refractivity contribution < 1.29 is 4.79 Å². The monoisotopic (exact) mass is 476 g/mol. The molecule has 3 heterocycles. The number of thiazole rings is 1. The second-order valence-corrected chi connectivity index (χ2v) is 9.82. The number of nitrogens with one attached hydrogen (secondary N) is 1. The Morgan fingerprint density at radius 1 is 1.06 bits per heavy atom. The second kappa shape index (κ2) is 10.3. The maximum Gasteiger partial charge on any atom is 0.270 e. The Labute approximate surface area is 200 Å². The first-order chi connectivity index (χ1) is 16.3. The molecule has 7 nitrogen and oxygen atoms in total. The molecule has 0 bridgehead atoms. The number of hydrogen-bond acceptors (Lipinski definition) is 7. The van der Waals surface area contributed by atoms with Gasteiger partial charge >= 0.3 is 0 Å². The zero-order chi connectivity index (χ0) is 22.5. The molecule has 5 rings (SSSR count). The van der Waals surface area contributed by atoms with Gasteiger partial charge in [-0.2, -0.15) is 0 Å². The predicted molar refractivity (Wildman–Crippen MR) is 131 cm³/mol. The van der Waals surface area contributed by atoms with Gasteiger partial charge in [0.15, 0.2) is 11.0 Å². The molecule has 1 saturated carbocycles. The zero-order valence-electron chi connectivity index (χ0n) is 18.1. The van der Waals surface area contributed by atoms with Gasteiger partial charge in [-0.15, -0.1) is 21.5 Å². The number of carbonyl (C=O) groups excluding carboxylic acids is 1. The number of rotatable bonds is 7. The van der Waals surface area contributed by atoms with Crippen LogP contribution in [0.5, 0.6) is 0 Å². The van der Waals surface area contributed by atoms with Crippen LogP contribution >= 0.6 is 23.1 Å². The van der Waals surface area contributed by atoms with E-state index in [0.717, 1.165) is 40.1 Å². The van der Waals surface area contributed by atoms with Gasteiger partial charge in [-0.05, 0) is 37.1 Å². The molecule has 168 valence electrons. The van der Waals surface area contributed by atoms with E-state index in [1.54, 1.807) is 24.2 Å². The van der Waals surface area contributed by atoms with Gasteiger partial charge in [-0.3, -0.25) is 14.3 Å². The van der Waals surface area contributed by atoms with E-state index in [-0.39, 0.29) is 11.9 Å². The summed E-state index contributed by atoms with van der Waals surface area (Å²) in [5.41, 5.74) is 2.44. The molecule has 1 aromatic carbocycles. The second-order valence-electron chi connectivity index (χ2n) is 7.94. The maximum atomic E-state index is 12.6. The molecule has 9 heteroatoms. The van der Waals surface area contributed by atoms with Crippen LogP contribution < -0.4 is 5.32 Å². The predicted octanol–water partition coefficient (Wildman–Crippen LogP) is 5.14. The molecule has 1 aliphatic rings. The highest BCUT2D eigenvalue weighted by molar-refractivity contribution is 7.98. The molecule has 1 aliphatic carbocycles. The third kappa shape index (κ3) is 5.15. The lowest BCUT2D eigenvalue weighted by Crippen LogP contribution is -2.36. The molecule has 0 radical (unpaired) electrons. The van der Waals surface area contributed by atoms with Crippen molar-refractivity contribution in [2.24, 2.45) is 0 Å². The molecular formula is C24H24N6OS2. The Kier molecular flexibility index (Phi) is 6.78. The van der Waals surface area contributed by atoms with Gasteiger partial charge < -0.3 is 5.32 Å². The highest BCUT2D eigenvalue weighted by Gasteiger charge is 2.20. The van der Waals surface area contributed by atoms with Crippen LogP contribution in [0.1, 0.15) is 47.6 Å². The molecule has 0 unspecified atom stereocenters. The van der Waals surface area contributed by atoms with Crippen LogP contribution in [0.3, 0.4) is 0 Å². The van der Waals surface area contributed by atoms with Crippen molar-refractivity contribution in [3.05, 3.63) is 70.9 Å². The molecular weight excluding hydrogens is 452 g/mol. The Bertz CT molecular complexity index is 1200. The van der Waals surface area contributed by atoms with Crippen molar-refractivity contribution >= 4 is 29.0 Å². The average molecular weight is 477 g/mol. The topological polar surface area (TPSA) is 85.6 Å². The third-order valence-corrected chi connectivity index (χ3v) is 7.61. The Morgan fingerprint density at radius 2 is 1.85 bits per heavy atom.